The molecule has 3 heterocycles. The summed E-state index contributed by atoms with van der Waals surface area (Å²) in [5, 5.41) is 9.07. The minimum Gasteiger partial charge on any atom is -0.492 e. The lowest BCUT2D eigenvalue weighted by atomic mass is 9.95. The lowest BCUT2D eigenvalue weighted by molar-refractivity contribution is 0.250. The Bertz CT molecular complexity index is 515. The van der Waals surface area contributed by atoms with E-state index in [4.69, 9.17) is 4.74 Å². The van der Waals surface area contributed by atoms with E-state index in [1.54, 1.807) is 6.20 Å². The fourth-order valence-corrected chi connectivity index (χ4v) is 3.04. The molecule has 1 saturated heterocycles. The second-order valence-electron chi connectivity index (χ2n) is 5.99. The van der Waals surface area contributed by atoms with Gasteiger partial charge in [-0.25, -0.2) is 9.78 Å². The Hall–Kier alpha value is -1.82. The van der Waals surface area contributed by atoms with Gasteiger partial charge >= 0.3 is 6.03 Å². The number of aromatic nitrogens is 1. The summed E-state index contributed by atoms with van der Waals surface area (Å²) < 4.78 is 5.52. The molecular formula is C16H24N4O2. The van der Waals surface area contributed by atoms with Gasteiger partial charge in [0.25, 0.3) is 0 Å². The summed E-state index contributed by atoms with van der Waals surface area (Å²) in [4.78, 5) is 16.1. The van der Waals surface area contributed by atoms with E-state index in [-0.39, 0.29) is 6.03 Å². The first-order valence-electron chi connectivity index (χ1n) is 8.18. The zero-order valence-corrected chi connectivity index (χ0v) is 12.9. The highest BCUT2D eigenvalue weighted by molar-refractivity contribution is 5.88. The minimum atomic E-state index is -0.182. The number of rotatable bonds is 4. The topological polar surface area (TPSA) is 75.3 Å². The number of hydrogen-bond donors (Lipinski definition) is 3. The maximum atomic E-state index is 11.9. The number of hydrogen-bond acceptors (Lipinski definition) is 4. The van der Waals surface area contributed by atoms with Crippen LogP contribution < -0.4 is 20.7 Å². The van der Waals surface area contributed by atoms with E-state index >= 15 is 0 Å². The number of aryl methyl sites for hydroxylation is 1. The highest BCUT2D eigenvalue weighted by Crippen LogP contribution is 2.25. The normalized spacial score (nSPS) is 18.2. The molecule has 6 heteroatoms. The van der Waals surface area contributed by atoms with Gasteiger partial charge in [0.1, 0.15) is 11.6 Å². The molecule has 0 spiro atoms. The first kappa shape index (κ1) is 15.1. The molecule has 0 aliphatic carbocycles. The van der Waals surface area contributed by atoms with Crippen LogP contribution in [0.15, 0.2) is 12.3 Å². The summed E-state index contributed by atoms with van der Waals surface area (Å²) in [6.45, 7) is 3.65. The Balaban J connectivity index is 1.43. The minimum absolute atomic E-state index is 0.182. The molecule has 2 aliphatic heterocycles. The highest BCUT2D eigenvalue weighted by atomic mass is 16.5. The van der Waals surface area contributed by atoms with Crippen molar-refractivity contribution in [3.63, 3.8) is 0 Å². The van der Waals surface area contributed by atoms with Crippen molar-refractivity contribution in [1.82, 2.24) is 15.6 Å². The standard InChI is InChI=1S/C16H24N4O2/c21-16(18-8-5-12-3-6-17-7-4-12)20-15-10-13-2-1-9-22-14(13)11-19-15/h10-12,17H,1-9H2,(H2,18,19,20,21). The van der Waals surface area contributed by atoms with Crippen LogP contribution in [0, 0.1) is 5.92 Å². The van der Waals surface area contributed by atoms with Crippen LogP contribution in [0.4, 0.5) is 10.6 Å². The molecule has 0 bridgehead atoms. The van der Waals surface area contributed by atoms with Gasteiger partial charge in [0.15, 0.2) is 0 Å². The van der Waals surface area contributed by atoms with E-state index in [9.17, 15) is 4.79 Å². The van der Waals surface area contributed by atoms with Gasteiger partial charge in [-0.15, -0.1) is 0 Å². The molecule has 0 saturated carbocycles. The molecular weight excluding hydrogens is 280 g/mol. The largest absolute Gasteiger partial charge is 0.492 e. The number of amides is 2. The number of nitrogens with zero attached hydrogens (tertiary/aromatic N) is 1. The van der Waals surface area contributed by atoms with E-state index in [0.29, 0.717) is 12.4 Å². The quantitative estimate of drug-likeness (QED) is 0.794. The molecule has 1 fully saturated rings. The number of nitrogens with one attached hydrogen (secondary N) is 3. The summed E-state index contributed by atoms with van der Waals surface area (Å²) in [7, 11) is 0. The van der Waals surface area contributed by atoms with Gasteiger partial charge in [-0.1, -0.05) is 0 Å². The van der Waals surface area contributed by atoms with Gasteiger partial charge in [0.05, 0.1) is 12.8 Å². The Morgan fingerprint density at radius 3 is 3.14 bits per heavy atom. The second-order valence-corrected chi connectivity index (χ2v) is 5.99. The zero-order valence-electron chi connectivity index (χ0n) is 12.9. The maximum Gasteiger partial charge on any atom is 0.320 e. The zero-order chi connectivity index (χ0) is 15.2. The van der Waals surface area contributed by atoms with Crippen LogP contribution in [0.5, 0.6) is 5.75 Å². The molecule has 6 nitrogen and oxygen atoms in total. The van der Waals surface area contributed by atoms with Crippen LogP contribution >= 0.6 is 0 Å². The average Bonchev–Trinajstić information content (AvgIpc) is 2.56. The predicted octanol–water partition coefficient (Wildman–Crippen LogP) is 1.92. The number of ether oxygens (including phenoxy) is 1. The van der Waals surface area contributed by atoms with Gasteiger partial charge < -0.3 is 15.4 Å². The van der Waals surface area contributed by atoms with Gasteiger partial charge in [-0.3, -0.25) is 5.32 Å². The fraction of sp³-hybridized carbons (Fsp3) is 0.625. The third-order valence-electron chi connectivity index (χ3n) is 4.33. The average molecular weight is 304 g/mol. The molecule has 0 unspecified atom stereocenters. The van der Waals surface area contributed by atoms with Gasteiger partial charge in [0.2, 0.25) is 0 Å². The number of pyridine rings is 1. The Kier molecular flexibility index (Phi) is 5.11. The Morgan fingerprint density at radius 2 is 2.27 bits per heavy atom. The van der Waals surface area contributed by atoms with Crippen molar-refractivity contribution in [2.45, 2.75) is 32.1 Å². The van der Waals surface area contributed by atoms with E-state index < -0.39 is 0 Å². The monoisotopic (exact) mass is 304 g/mol. The predicted molar refractivity (Wildman–Crippen MR) is 85.3 cm³/mol. The van der Waals surface area contributed by atoms with Crippen molar-refractivity contribution >= 4 is 11.8 Å². The van der Waals surface area contributed by atoms with Crippen LogP contribution in [-0.4, -0.2) is 37.3 Å². The molecule has 0 aromatic carbocycles. The number of fused-ring (bicyclic) bond motifs is 1. The highest BCUT2D eigenvalue weighted by Gasteiger charge is 2.14. The van der Waals surface area contributed by atoms with Gasteiger partial charge in [0, 0.05) is 6.54 Å². The van der Waals surface area contributed by atoms with Crippen LogP contribution in [0.2, 0.25) is 0 Å². The van der Waals surface area contributed by atoms with Gasteiger partial charge in [-0.2, -0.15) is 0 Å². The number of piperidine rings is 1. The molecule has 22 heavy (non-hydrogen) atoms. The third-order valence-corrected chi connectivity index (χ3v) is 4.33. The molecule has 3 N–H and O–H groups in total. The maximum absolute atomic E-state index is 11.9. The van der Waals surface area contributed by atoms with Crippen molar-refractivity contribution in [3.05, 3.63) is 17.8 Å². The third kappa shape index (κ3) is 4.10. The second kappa shape index (κ2) is 7.45. The van der Waals surface area contributed by atoms with Crippen molar-refractivity contribution in [1.29, 1.82) is 0 Å². The van der Waals surface area contributed by atoms with Gasteiger partial charge in [-0.05, 0) is 62.7 Å². The van der Waals surface area contributed by atoms with Crippen molar-refractivity contribution in [2.75, 3.05) is 31.6 Å². The Labute approximate surface area is 131 Å². The van der Waals surface area contributed by atoms with Crippen LogP contribution in [0.25, 0.3) is 0 Å². The molecule has 0 radical (unpaired) electrons. The summed E-state index contributed by atoms with van der Waals surface area (Å²) in [6.07, 6.45) is 7.13. The SMILES string of the molecule is O=C(NCCC1CCNCC1)Nc1cc2c(cn1)OCCC2. The van der Waals surface area contributed by atoms with Crippen molar-refractivity contribution in [3.8, 4) is 5.75 Å². The van der Waals surface area contributed by atoms with Crippen LogP contribution in [0.1, 0.15) is 31.2 Å². The summed E-state index contributed by atoms with van der Waals surface area (Å²) in [5.41, 5.74) is 1.12. The summed E-state index contributed by atoms with van der Waals surface area (Å²) >= 11 is 0. The lowest BCUT2D eigenvalue weighted by Crippen LogP contribution is -2.33. The smallest absolute Gasteiger partial charge is 0.320 e. The molecule has 1 aromatic rings. The van der Waals surface area contributed by atoms with E-state index in [0.717, 1.165) is 56.2 Å². The van der Waals surface area contributed by atoms with Crippen molar-refractivity contribution < 1.29 is 9.53 Å². The fourth-order valence-electron chi connectivity index (χ4n) is 3.04. The van der Waals surface area contributed by atoms with Crippen molar-refractivity contribution in [2.24, 2.45) is 5.92 Å². The van der Waals surface area contributed by atoms with E-state index in [1.807, 2.05) is 6.07 Å². The summed E-state index contributed by atoms with van der Waals surface area (Å²) in [5.74, 6) is 2.15. The number of urea groups is 1. The first-order chi connectivity index (χ1) is 10.8. The lowest BCUT2D eigenvalue weighted by Gasteiger charge is -2.22. The molecule has 0 atom stereocenters. The number of carbonyl (C=O) groups excluding carboxylic acids is 1. The number of carbonyl (C=O) groups is 1. The first-order valence-corrected chi connectivity index (χ1v) is 8.18. The van der Waals surface area contributed by atoms with Crippen LogP contribution in [0.3, 0.4) is 0 Å². The number of anilines is 1. The summed E-state index contributed by atoms with van der Waals surface area (Å²) in [6, 6.07) is 1.72. The van der Waals surface area contributed by atoms with E-state index in [1.165, 1.54) is 12.8 Å². The molecule has 3 rings (SSSR count). The molecule has 1 aromatic heterocycles. The molecule has 120 valence electrons. The Morgan fingerprint density at radius 1 is 1.41 bits per heavy atom. The molecule has 2 aliphatic rings. The van der Waals surface area contributed by atoms with E-state index in [2.05, 4.69) is 20.9 Å². The van der Waals surface area contributed by atoms with Crippen LogP contribution in [-0.2, 0) is 6.42 Å². The molecule has 2 amide bonds.